The summed E-state index contributed by atoms with van der Waals surface area (Å²) in [6.45, 7) is 1.94. The number of thiophene rings is 1. The Morgan fingerprint density at radius 3 is 2.76 bits per heavy atom. The maximum absolute atomic E-state index is 11.7. The van der Waals surface area contributed by atoms with Gasteiger partial charge in [0.1, 0.15) is 0 Å². The van der Waals surface area contributed by atoms with E-state index in [1.807, 2.05) is 19.1 Å². The highest BCUT2D eigenvalue weighted by Crippen LogP contribution is 2.23. The number of benzene rings is 1. The molecule has 0 spiro atoms. The maximum Gasteiger partial charge on any atom is 0.279 e. The molecule has 0 saturated carbocycles. The smallest absolute Gasteiger partial charge is 0.279 e. The molecule has 21 heavy (non-hydrogen) atoms. The molecule has 2 aromatic rings. The van der Waals surface area contributed by atoms with Gasteiger partial charge >= 0.3 is 0 Å². The SMILES string of the molecule is Cc1cc(N)ccc1SCC(=O)NNC(=O)c1cccs1. The minimum Gasteiger partial charge on any atom is -0.399 e. The van der Waals surface area contributed by atoms with Crippen LogP contribution in [0.1, 0.15) is 15.2 Å². The number of anilines is 1. The van der Waals surface area contributed by atoms with Crippen molar-refractivity contribution in [3.63, 3.8) is 0 Å². The Bertz CT molecular complexity index is 642. The summed E-state index contributed by atoms with van der Waals surface area (Å²) < 4.78 is 0. The van der Waals surface area contributed by atoms with Gasteiger partial charge in [0.15, 0.2) is 0 Å². The number of carbonyl (C=O) groups excluding carboxylic acids is 2. The molecule has 0 unspecified atom stereocenters. The van der Waals surface area contributed by atoms with E-state index in [9.17, 15) is 9.59 Å². The lowest BCUT2D eigenvalue weighted by molar-refractivity contribution is -0.119. The van der Waals surface area contributed by atoms with Gasteiger partial charge in [0.2, 0.25) is 5.91 Å². The summed E-state index contributed by atoms with van der Waals surface area (Å²) in [6, 6.07) is 9.01. The van der Waals surface area contributed by atoms with Crippen molar-refractivity contribution in [2.45, 2.75) is 11.8 Å². The lowest BCUT2D eigenvalue weighted by atomic mass is 10.2. The lowest BCUT2D eigenvalue weighted by Gasteiger charge is -2.08. The van der Waals surface area contributed by atoms with Crippen molar-refractivity contribution in [3.05, 3.63) is 46.2 Å². The van der Waals surface area contributed by atoms with E-state index in [0.717, 1.165) is 10.5 Å². The predicted octanol–water partition coefficient (Wildman–Crippen LogP) is 2.19. The van der Waals surface area contributed by atoms with E-state index in [-0.39, 0.29) is 17.6 Å². The van der Waals surface area contributed by atoms with E-state index < -0.39 is 0 Å². The van der Waals surface area contributed by atoms with Crippen molar-refractivity contribution < 1.29 is 9.59 Å². The first-order chi connectivity index (χ1) is 10.1. The Hall–Kier alpha value is -1.99. The van der Waals surface area contributed by atoms with Crippen LogP contribution in [0.3, 0.4) is 0 Å². The summed E-state index contributed by atoms with van der Waals surface area (Å²) in [7, 11) is 0. The second kappa shape index (κ2) is 7.14. The Morgan fingerprint density at radius 2 is 2.10 bits per heavy atom. The second-order valence-electron chi connectivity index (χ2n) is 4.29. The number of hydrogen-bond donors (Lipinski definition) is 3. The van der Waals surface area contributed by atoms with Crippen LogP contribution in [0, 0.1) is 6.92 Å². The number of thioether (sulfide) groups is 1. The number of nitrogens with two attached hydrogens (primary N) is 1. The molecule has 110 valence electrons. The van der Waals surface area contributed by atoms with Crippen LogP contribution in [0.4, 0.5) is 5.69 Å². The third-order valence-electron chi connectivity index (χ3n) is 2.62. The highest BCUT2D eigenvalue weighted by Gasteiger charge is 2.09. The van der Waals surface area contributed by atoms with Gasteiger partial charge in [0, 0.05) is 10.6 Å². The molecule has 0 bridgehead atoms. The number of aryl methyl sites for hydroxylation is 1. The van der Waals surface area contributed by atoms with Crippen molar-refractivity contribution in [2.75, 3.05) is 11.5 Å². The largest absolute Gasteiger partial charge is 0.399 e. The highest BCUT2D eigenvalue weighted by molar-refractivity contribution is 8.00. The molecule has 5 nitrogen and oxygen atoms in total. The predicted molar refractivity (Wildman–Crippen MR) is 86.2 cm³/mol. The highest BCUT2D eigenvalue weighted by atomic mass is 32.2. The van der Waals surface area contributed by atoms with Crippen molar-refractivity contribution in [1.29, 1.82) is 0 Å². The monoisotopic (exact) mass is 321 g/mol. The number of hydrogen-bond acceptors (Lipinski definition) is 5. The molecule has 0 aliphatic carbocycles. The fraction of sp³-hybridized carbons (Fsp3) is 0.143. The van der Waals surface area contributed by atoms with Crippen molar-refractivity contribution in [2.24, 2.45) is 0 Å². The van der Waals surface area contributed by atoms with E-state index >= 15 is 0 Å². The Morgan fingerprint density at radius 1 is 1.29 bits per heavy atom. The van der Waals surface area contributed by atoms with E-state index in [0.29, 0.717) is 10.6 Å². The van der Waals surface area contributed by atoms with Crippen molar-refractivity contribution >= 4 is 40.6 Å². The summed E-state index contributed by atoms with van der Waals surface area (Å²) in [6.07, 6.45) is 0. The van der Waals surface area contributed by atoms with Gasteiger partial charge in [-0.25, -0.2) is 0 Å². The molecule has 4 N–H and O–H groups in total. The number of carbonyl (C=O) groups is 2. The van der Waals surface area contributed by atoms with Crippen LogP contribution in [0.15, 0.2) is 40.6 Å². The number of amides is 2. The first-order valence-electron chi connectivity index (χ1n) is 6.18. The summed E-state index contributed by atoms with van der Waals surface area (Å²) >= 11 is 2.71. The molecule has 0 saturated heterocycles. The van der Waals surface area contributed by atoms with Crippen molar-refractivity contribution in [3.8, 4) is 0 Å². The molecular weight excluding hydrogens is 306 g/mol. The van der Waals surface area contributed by atoms with Gasteiger partial charge in [-0.15, -0.1) is 23.1 Å². The van der Waals surface area contributed by atoms with Gasteiger partial charge in [-0.1, -0.05) is 6.07 Å². The fourth-order valence-corrected chi connectivity index (χ4v) is 3.04. The lowest BCUT2D eigenvalue weighted by Crippen LogP contribution is -2.42. The summed E-state index contributed by atoms with van der Waals surface area (Å²) in [5, 5.41) is 1.80. The average Bonchev–Trinajstić information content (AvgIpc) is 2.98. The van der Waals surface area contributed by atoms with Crippen LogP contribution in [0.5, 0.6) is 0 Å². The molecule has 1 heterocycles. The van der Waals surface area contributed by atoms with Crippen LogP contribution >= 0.6 is 23.1 Å². The molecule has 2 amide bonds. The first kappa shape index (κ1) is 15.4. The van der Waals surface area contributed by atoms with Gasteiger partial charge in [-0.05, 0) is 42.1 Å². The van der Waals surface area contributed by atoms with E-state index in [1.54, 1.807) is 23.6 Å². The third kappa shape index (κ3) is 4.51. The number of hydrazine groups is 1. The van der Waals surface area contributed by atoms with Gasteiger partial charge in [0.05, 0.1) is 10.6 Å². The van der Waals surface area contributed by atoms with Crippen LogP contribution in [-0.2, 0) is 4.79 Å². The topological polar surface area (TPSA) is 84.2 Å². The van der Waals surface area contributed by atoms with Gasteiger partial charge in [0.25, 0.3) is 5.91 Å². The normalized spacial score (nSPS) is 10.1. The Balaban J connectivity index is 1.78. The standard InChI is InChI=1S/C14H15N3O2S2/c1-9-7-10(15)4-5-11(9)21-8-13(18)16-17-14(19)12-3-2-6-20-12/h2-7H,8,15H2,1H3,(H,16,18)(H,17,19). The fourth-order valence-electron chi connectivity index (χ4n) is 1.61. The molecule has 0 atom stereocenters. The minimum atomic E-state index is -0.313. The number of nitrogens with one attached hydrogen (secondary N) is 2. The number of nitrogen functional groups attached to an aromatic ring is 1. The summed E-state index contributed by atoms with van der Waals surface area (Å²) in [5.41, 5.74) is 12.2. The molecule has 0 aliphatic heterocycles. The molecule has 0 fully saturated rings. The molecule has 0 radical (unpaired) electrons. The molecular formula is C14H15N3O2S2. The zero-order valence-corrected chi connectivity index (χ0v) is 13.0. The van der Waals surface area contributed by atoms with E-state index in [1.165, 1.54) is 23.1 Å². The molecule has 0 aliphatic rings. The quantitative estimate of drug-likeness (QED) is 0.458. The van der Waals surface area contributed by atoms with Crippen LogP contribution in [0.25, 0.3) is 0 Å². The van der Waals surface area contributed by atoms with Gasteiger partial charge < -0.3 is 5.73 Å². The zero-order chi connectivity index (χ0) is 15.2. The zero-order valence-electron chi connectivity index (χ0n) is 11.4. The molecule has 1 aromatic carbocycles. The van der Waals surface area contributed by atoms with Crippen LogP contribution in [-0.4, -0.2) is 17.6 Å². The first-order valence-corrected chi connectivity index (χ1v) is 8.04. The maximum atomic E-state index is 11.7. The Kier molecular flexibility index (Phi) is 5.24. The van der Waals surface area contributed by atoms with Crippen LogP contribution in [0.2, 0.25) is 0 Å². The molecule has 2 rings (SSSR count). The summed E-state index contributed by atoms with van der Waals surface area (Å²) in [4.78, 5) is 24.9. The van der Waals surface area contributed by atoms with Gasteiger partial charge in [-0.3, -0.25) is 20.4 Å². The minimum absolute atomic E-state index is 0.218. The third-order valence-corrected chi connectivity index (χ3v) is 4.66. The average molecular weight is 321 g/mol. The van der Waals surface area contributed by atoms with E-state index in [2.05, 4.69) is 10.9 Å². The second-order valence-corrected chi connectivity index (χ2v) is 6.26. The number of rotatable bonds is 4. The van der Waals surface area contributed by atoms with Crippen LogP contribution < -0.4 is 16.6 Å². The van der Waals surface area contributed by atoms with Crippen molar-refractivity contribution in [1.82, 2.24) is 10.9 Å². The Labute approximate surface area is 130 Å². The van der Waals surface area contributed by atoms with E-state index in [4.69, 9.17) is 5.73 Å². The summed E-state index contributed by atoms with van der Waals surface area (Å²) in [5.74, 6) is -0.358. The molecule has 1 aromatic heterocycles. The van der Waals surface area contributed by atoms with Gasteiger partial charge in [-0.2, -0.15) is 0 Å². The molecule has 7 heteroatoms.